The van der Waals surface area contributed by atoms with Crippen LogP contribution in [0.15, 0.2) is 41.4 Å². The fourth-order valence-electron chi connectivity index (χ4n) is 1.59. The topological polar surface area (TPSA) is 108 Å². The summed E-state index contributed by atoms with van der Waals surface area (Å²) in [7, 11) is -2.46. The molecule has 0 bridgehead atoms. The predicted octanol–water partition coefficient (Wildman–Crippen LogP) is 1.52. The molecule has 0 fully saturated rings. The molecule has 7 nitrogen and oxygen atoms in total. The summed E-state index contributed by atoms with van der Waals surface area (Å²) in [6.45, 7) is 0. The van der Waals surface area contributed by atoms with Crippen molar-refractivity contribution < 1.29 is 23.1 Å². The van der Waals surface area contributed by atoms with Crippen molar-refractivity contribution in [3.63, 3.8) is 0 Å². The second-order valence-corrected chi connectivity index (χ2v) is 5.54. The lowest BCUT2D eigenvalue weighted by Crippen LogP contribution is -2.12. The van der Waals surface area contributed by atoms with Crippen molar-refractivity contribution in [3.8, 4) is 5.75 Å². The maximum Gasteiger partial charge on any atom is 0.352 e. The van der Waals surface area contributed by atoms with Gasteiger partial charge in [0.15, 0.2) is 0 Å². The number of hydrogen-bond donors (Lipinski definition) is 3. The van der Waals surface area contributed by atoms with Gasteiger partial charge < -0.3 is 14.8 Å². The Bertz CT molecular complexity index is 736. The number of aromatic carboxylic acids is 1. The summed E-state index contributed by atoms with van der Waals surface area (Å²) in [5, 5.41) is 8.77. The molecule has 1 aromatic heterocycles. The van der Waals surface area contributed by atoms with Crippen LogP contribution in [0.4, 0.5) is 5.69 Å². The molecule has 0 aliphatic carbocycles. The van der Waals surface area contributed by atoms with Crippen LogP contribution >= 0.6 is 0 Å². The number of carbonyl (C=O) groups is 1. The van der Waals surface area contributed by atoms with Crippen LogP contribution in [0.3, 0.4) is 0 Å². The van der Waals surface area contributed by atoms with Crippen molar-refractivity contribution >= 4 is 21.7 Å². The number of aromatic nitrogens is 1. The quantitative estimate of drug-likeness (QED) is 0.775. The Kier molecular flexibility index (Phi) is 3.66. The maximum atomic E-state index is 12.1. The van der Waals surface area contributed by atoms with Crippen LogP contribution in [0, 0.1) is 0 Å². The van der Waals surface area contributed by atoms with Crippen molar-refractivity contribution in [2.24, 2.45) is 0 Å². The van der Waals surface area contributed by atoms with Crippen LogP contribution in [0.2, 0.25) is 0 Å². The first kappa shape index (κ1) is 13.9. The molecule has 1 heterocycles. The number of methoxy groups -OCH3 is 1. The smallest absolute Gasteiger partial charge is 0.352 e. The molecule has 8 heteroatoms. The molecular formula is C12H12N2O5S. The van der Waals surface area contributed by atoms with Gasteiger partial charge in [-0.05, 0) is 18.2 Å². The zero-order valence-corrected chi connectivity index (χ0v) is 11.3. The molecule has 2 aromatic rings. The minimum atomic E-state index is -3.88. The molecule has 0 amide bonds. The summed E-state index contributed by atoms with van der Waals surface area (Å²) < 4.78 is 31.6. The number of anilines is 1. The van der Waals surface area contributed by atoms with Gasteiger partial charge in [-0.15, -0.1) is 0 Å². The molecule has 2 rings (SSSR count). The van der Waals surface area contributed by atoms with Crippen LogP contribution in [0.5, 0.6) is 5.75 Å². The van der Waals surface area contributed by atoms with Gasteiger partial charge in [0.1, 0.15) is 16.3 Å². The summed E-state index contributed by atoms with van der Waals surface area (Å²) in [4.78, 5) is 12.9. The zero-order valence-electron chi connectivity index (χ0n) is 10.5. The van der Waals surface area contributed by atoms with E-state index in [0.29, 0.717) is 5.75 Å². The maximum absolute atomic E-state index is 12.1. The Morgan fingerprint density at radius 3 is 2.65 bits per heavy atom. The first-order valence-corrected chi connectivity index (χ1v) is 7.00. The molecule has 0 unspecified atom stereocenters. The molecule has 0 saturated carbocycles. The highest BCUT2D eigenvalue weighted by Crippen LogP contribution is 2.26. The Morgan fingerprint density at radius 1 is 1.35 bits per heavy atom. The fraction of sp³-hybridized carbons (Fsp3) is 0.0833. The summed E-state index contributed by atoms with van der Waals surface area (Å²) in [5.74, 6) is -0.867. The van der Waals surface area contributed by atoms with Gasteiger partial charge in [-0.3, -0.25) is 4.72 Å². The van der Waals surface area contributed by atoms with E-state index in [1.54, 1.807) is 24.3 Å². The van der Waals surface area contributed by atoms with Gasteiger partial charge in [-0.25, -0.2) is 13.2 Å². The molecule has 1 aromatic carbocycles. The van der Waals surface area contributed by atoms with E-state index < -0.39 is 16.0 Å². The molecular weight excluding hydrogens is 284 g/mol. The van der Waals surface area contributed by atoms with Crippen LogP contribution in [-0.4, -0.2) is 31.6 Å². The van der Waals surface area contributed by atoms with Gasteiger partial charge in [0.25, 0.3) is 10.0 Å². The van der Waals surface area contributed by atoms with Crippen LogP contribution in [0.1, 0.15) is 10.5 Å². The largest absolute Gasteiger partial charge is 0.495 e. The molecule has 0 radical (unpaired) electrons. The van der Waals surface area contributed by atoms with Gasteiger partial charge in [0, 0.05) is 6.20 Å². The number of rotatable bonds is 5. The lowest BCUT2D eigenvalue weighted by Gasteiger charge is -2.10. The number of benzene rings is 1. The van der Waals surface area contributed by atoms with E-state index in [1.807, 2.05) is 0 Å². The van der Waals surface area contributed by atoms with Crippen LogP contribution < -0.4 is 9.46 Å². The Morgan fingerprint density at radius 2 is 2.05 bits per heavy atom. The molecule has 0 aliphatic heterocycles. The molecule has 0 spiro atoms. The summed E-state index contributed by atoms with van der Waals surface area (Å²) in [6.07, 6.45) is 1.11. The highest BCUT2D eigenvalue weighted by molar-refractivity contribution is 7.92. The van der Waals surface area contributed by atoms with Gasteiger partial charge >= 0.3 is 5.97 Å². The molecule has 20 heavy (non-hydrogen) atoms. The number of H-pyrrole nitrogens is 1. The predicted molar refractivity (Wildman–Crippen MR) is 71.6 cm³/mol. The van der Waals surface area contributed by atoms with Crippen molar-refractivity contribution in [3.05, 3.63) is 42.2 Å². The summed E-state index contributed by atoms with van der Waals surface area (Å²) in [6, 6.07) is 7.55. The Labute approximate surface area is 115 Å². The zero-order chi connectivity index (χ0) is 14.8. The number of nitrogens with one attached hydrogen (secondary N) is 2. The number of aromatic amines is 1. The van der Waals surface area contributed by atoms with Gasteiger partial charge in [-0.2, -0.15) is 0 Å². The molecule has 106 valence electrons. The summed E-state index contributed by atoms with van der Waals surface area (Å²) >= 11 is 0. The van der Waals surface area contributed by atoms with E-state index in [-0.39, 0.29) is 16.3 Å². The van der Waals surface area contributed by atoms with Crippen LogP contribution in [-0.2, 0) is 10.0 Å². The minimum absolute atomic E-state index is 0.166. The summed E-state index contributed by atoms with van der Waals surface area (Å²) in [5.41, 5.74) is 0.0680. The van der Waals surface area contributed by atoms with E-state index in [0.717, 1.165) is 12.3 Å². The Balaban J connectivity index is 2.33. The number of hydrogen-bond acceptors (Lipinski definition) is 4. The highest BCUT2D eigenvalue weighted by Gasteiger charge is 2.19. The van der Waals surface area contributed by atoms with E-state index >= 15 is 0 Å². The number of carboxylic acid groups (broad SMARTS) is 1. The highest BCUT2D eigenvalue weighted by atomic mass is 32.2. The number of sulfonamides is 1. The molecule has 0 aliphatic rings. The van der Waals surface area contributed by atoms with Crippen molar-refractivity contribution in [1.29, 1.82) is 0 Å². The number of para-hydroxylation sites is 2. The number of carboxylic acids is 1. The third-order valence-electron chi connectivity index (χ3n) is 2.55. The van der Waals surface area contributed by atoms with Gasteiger partial charge in [0.2, 0.25) is 0 Å². The lowest BCUT2D eigenvalue weighted by molar-refractivity contribution is 0.0691. The minimum Gasteiger partial charge on any atom is -0.495 e. The molecule has 0 saturated heterocycles. The van der Waals surface area contributed by atoms with E-state index in [1.165, 1.54) is 7.11 Å². The normalized spacial score (nSPS) is 11.1. The second kappa shape index (κ2) is 5.25. The van der Waals surface area contributed by atoms with Crippen LogP contribution in [0.25, 0.3) is 0 Å². The lowest BCUT2D eigenvalue weighted by atomic mass is 10.3. The van der Waals surface area contributed by atoms with Gasteiger partial charge in [0.05, 0.1) is 12.8 Å². The van der Waals surface area contributed by atoms with Crippen molar-refractivity contribution in [2.75, 3.05) is 11.8 Å². The molecule has 3 N–H and O–H groups in total. The standard InChI is InChI=1S/C12H12N2O5S/c1-19-11-5-3-2-4-9(11)14-20(17,18)8-6-10(12(15)16)13-7-8/h2-7,13-14H,1H3,(H,15,16). The average molecular weight is 296 g/mol. The monoisotopic (exact) mass is 296 g/mol. The van der Waals surface area contributed by atoms with E-state index in [9.17, 15) is 13.2 Å². The number of ether oxygens (including phenoxy) is 1. The third kappa shape index (κ3) is 2.75. The van der Waals surface area contributed by atoms with E-state index in [2.05, 4.69) is 9.71 Å². The van der Waals surface area contributed by atoms with Crippen molar-refractivity contribution in [2.45, 2.75) is 4.90 Å². The van der Waals surface area contributed by atoms with Gasteiger partial charge in [-0.1, -0.05) is 12.1 Å². The third-order valence-corrected chi connectivity index (χ3v) is 3.89. The van der Waals surface area contributed by atoms with E-state index in [4.69, 9.17) is 9.84 Å². The van der Waals surface area contributed by atoms with Crippen molar-refractivity contribution in [1.82, 2.24) is 4.98 Å². The Hall–Kier alpha value is -2.48. The first-order chi connectivity index (χ1) is 9.44. The fourth-order valence-corrected chi connectivity index (χ4v) is 2.65. The SMILES string of the molecule is COc1ccccc1NS(=O)(=O)c1c[nH]c(C(=O)O)c1. The second-order valence-electron chi connectivity index (χ2n) is 3.86. The molecule has 0 atom stereocenters. The first-order valence-electron chi connectivity index (χ1n) is 5.51. The average Bonchev–Trinajstić information content (AvgIpc) is 2.89.